The highest BCUT2D eigenvalue weighted by Gasteiger charge is 2.29. The zero-order valence-corrected chi connectivity index (χ0v) is 10.5. The number of hydrogen-bond acceptors (Lipinski definition) is 2. The van der Waals surface area contributed by atoms with Gasteiger partial charge in [0.1, 0.15) is 0 Å². The molecule has 4 nitrogen and oxygen atoms in total. The summed E-state index contributed by atoms with van der Waals surface area (Å²) in [6, 6.07) is 7.58. The lowest BCUT2D eigenvalue weighted by atomic mass is 10.2. The first kappa shape index (κ1) is 12.6. The molecule has 0 bridgehead atoms. The lowest BCUT2D eigenvalue weighted by Gasteiger charge is -2.07. The van der Waals surface area contributed by atoms with E-state index in [0.29, 0.717) is 13.0 Å². The number of rotatable bonds is 5. The Bertz CT molecular complexity index is 453. The van der Waals surface area contributed by atoms with Gasteiger partial charge in [-0.1, -0.05) is 19.1 Å². The second-order valence-electron chi connectivity index (χ2n) is 4.59. The molecular weight excluding hydrogens is 228 g/mol. The fourth-order valence-electron chi connectivity index (χ4n) is 1.67. The van der Waals surface area contributed by atoms with E-state index in [-0.39, 0.29) is 17.7 Å². The molecule has 0 spiro atoms. The average Bonchev–Trinajstić information content (AvgIpc) is 3.20. The smallest absolute Gasteiger partial charge is 0.227 e. The van der Waals surface area contributed by atoms with Crippen molar-refractivity contribution >= 4 is 17.5 Å². The number of carbonyl (C=O) groups is 2. The summed E-state index contributed by atoms with van der Waals surface area (Å²) >= 11 is 0. The average molecular weight is 246 g/mol. The molecule has 0 saturated heterocycles. The molecule has 1 aromatic carbocycles. The van der Waals surface area contributed by atoms with E-state index >= 15 is 0 Å². The molecule has 1 aliphatic rings. The Hall–Kier alpha value is -1.84. The van der Waals surface area contributed by atoms with Crippen LogP contribution in [0, 0.1) is 5.92 Å². The molecule has 96 valence electrons. The van der Waals surface area contributed by atoms with Gasteiger partial charge >= 0.3 is 0 Å². The molecular formula is C14H18N2O2. The second kappa shape index (κ2) is 5.67. The van der Waals surface area contributed by atoms with E-state index in [4.69, 9.17) is 0 Å². The molecule has 2 N–H and O–H groups in total. The predicted molar refractivity (Wildman–Crippen MR) is 69.9 cm³/mol. The van der Waals surface area contributed by atoms with E-state index < -0.39 is 0 Å². The van der Waals surface area contributed by atoms with Gasteiger partial charge in [0.25, 0.3) is 0 Å². The topological polar surface area (TPSA) is 58.2 Å². The second-order valence-corrected chi connectivity index (χ2v) is 4.59. The van der Waals surface area contributed by atoms with Gasteiger partial charge in [0.2, 0.25) is 11.8 Å². The Kier molecular flexibility index (Phi) is 3.97. The zero-order valence-electron chi connectivity index (χ0n) is 10.5. The van der Waals surface area contributed by atoms with Crippen LogP contribution in [0.4, 0.5) is 5.69 Å². The third kappa shape index (κ3) is 3.58. The summed E-state index contributed by atoms with van der Waals surface area (Å²) in [4.78, 5) is 22.8. The number of carbonyl (C=O) groups excluding carboxylic acids is 2. The summed E-state index contributed by atoms with van der Waals surface area (Å²) in [6.45, 7) is 2.32. The van der Waals surface area contributed by atoms with Gasteiger partial charge < -0.3 is 10.6 Å². The lowest BCUT2D eigenvalue weighted by Crippen LogP contribution is -2.21. The van der Waals surface area contributed by atoms with E-state index in [9.17, 15) is 9.59 Å². The lowest BCUT2D eigenvalue weighted by molar-refractivity contribution is -0.121. The minimum atomic E-state index is 0.0300. The van der Waals surface area contributed by atoms with Crippen LogP contribution in [0.5, 0.6) is 0 Å². The van der Waals surface area contributed by atoms with Crippen LogP contribution in [0.25, 0.3) is 0 Å². The van der Waals surface area contributed by atoms with Crippen LogP contribution in [-0.4, -0.2) is 11.8 Å². The van der Waals surface area contributed by atoms with Crippen molar-refractivity contribution in [1.82, 2.24) is 5.32 Å². The first-order valence-corrected chi connectivity index (χ1v) is 6.35. The van der Waals surface area contributed by atoms with Gasteiger partial charge in [0, 0.05) is 24.6 Å². The molecule has 2 amide bonds. The minimum absolute atomic E-state index is 0.0300. The van der Waals surface area contributed by atoms with Crippen molar-refractivity contribution in [2.24, 2.45) is 5.92 Å². The summed E-state index contributed by atoms with van der Waals surface area (Å²) in [5.74, 6) is 0.334. The number of benzene rings is 1. The van der Waals surface area contributed by atoms with E-state index in [1.54, 1.807) is 0 Å². The largest absolute Gasteiger partial charge is 0.352 e. The number of anilines is 1. The van der Waals surface area contributed by atoms with Gasteiger partial charge in [0.15, 0.2) is 0 Å². The van der Waals surface area contributed by atoms with Crippen molar-refractivity contribution in [3.63, 3.8) is 0 Å². The van der Waals surface area contributed by atoms with Crippen molar-refractivity contribution in [1.29, 1.82) is 0 Å². The summed E-state index contributed by atoms with van der Waals surface area (Å²) < 4.78 is 0. The Morgan fingerprint density at radius 2 is 2.11 bits per heavy atom. The highest BCUT2D eigenvalue weighted by Crippen LogP contribution is 2.30. The summed E-state index contributed by atoms with van der Waals surface area (Å²) in [5, 5.41) is 5.71. The van der Waals surface area contributed by atoms with Crippen molar-refractivity contribution < 1.29 is 9.59 Å². The van der Waals surface area contributed by atoms with Crippen molar-refractivity contribution in [2.75, 3.05) is 5.32 Å². The molecule has 18 heavy (non-hydrogen) atoms. The maximum absolute atomic E-state index is 11.6. The van der Waals surface area contributed by atoms with Gasteiger partial charge in [-0.3, -0.25) is 9.59 Å². The van der Waals surface area contributed by atoms with E-state index in [2.05, 4.69) is 10.6 Å². The maximum atomic E-state index is 11.6. The molecule has 1 aliphatic carbocycles. The third-order valence-corrected chi connectivity index (χ3v) is 2.95. The van der Waals surface area contributed by atoms with Crippen LogP contribution in [0.3, 0.4) is 0 Å². The van der Waals surface area contributed by atoms with Crippen molar-refractivity contribution in [3.05, 3.63) is 29.8 Å². The Morgan fingerprint density at radius 3 is 2.78 bits per heavy atom. The molecule has 4 heteroatoms. The van der Waals surface area contributed by atoms with Gasteiger partial charge in [-0.25, -0.2) is 0 Å². The van der Waals surface area contributed by atoms with Crippen LogP contribution >= 0.6 is 0 Å². The molecule has 0 unspecified atom stereocenters. The van der Waals surface area contributed by atoms with Gasteiger partial charge in [-0.15, -0.1) is 0 Å². The predicted octanol–water partition coefficient (Wildman–Crippen LogP) is 2.06. The molecule has 2 rings (SSSR count). The molecule has 1 aromatic rings. The fraction of sp³-hybridized carbons (Fsp3) is 0.429. The van der Waals surface area contributed by atoms with Crippen LogP contribution in [0.2, 0.25) is 0 Å². The molecule has 1 saturated carbocycles. The van der Waals surface area contributed by atoms with Crippen molar-refractivity contribution in [3.8, 4) is 0 Å². The Balaban J connectivity index is 1.91. The van der Waals surface area contributed by atoms with Gasteiger partial charge in [-0.2, -0.15) is 0 Å². The molecule has 0 atom stereocenters. The van der Waals surface area contributed by atoms with Crippen LogP contribution in [0.1, 0.15) is 31.7 Å². The van der Waals surface area contributed by atoms with Crippen molar-refractivity contribution in [2.45, 2.75) is 32.7 Å². The van der Waals surface area contributed by atoms with E-state index in [0.717, 1.165) is 24.1 Å². The molecule has 1 fully saturated rings. The standard InChI is InChI=1S/C14H18N2O2/c1-2-13(17)15-9-10-4-3-5-12(8-10)16-14(18)11-6-7-11/h3-5,8,11H,2,6-7,9H2,1H3,(H,15,17)(H,16,18). The van der Waals surface area contributed by atoms with E-state index in [1.165, 1.54) is 0 Å². The third-order valence-electron chi connectivity index (χ3n) is 2.95. The molecule has 0 aliphatic heterocycles. The number of amides is 2. The number of nitrogens with one attached hydrogen (secondary N) is 2. The summed E-state index contributed by atoms with van der Waals surface area (Å²) in [7, 11) is 0. The van der Waals surface area contributed by atoms with Crippen LogP contribution in [-0.2, 0) is 16.1 Å². The first-order chi connectivity index (χ1) is 8.69. The summed E-state index contributed by atoms with van der Waals surface area (Å²) in [5.41, 5.74) is 1.79. The SMILES string of the molecule is CCC(=O)NCc1cccc(NC(=O)C2CC2)c1. The molecule has 0 heterocycles. The highest BCUT2D eigenvalue weighted by atomic mass is 16.2. The quantitative estimate of drug-likeness (QED) is 0.835. The molecule has 0 radical (unpaired) electrons. The number of hydrogen-bond donors (Lipinski definition) is 2. The molecule has 0 aromatic heterocycles. The first-order valence-electron chi connectivity index (χ1n) is 6.35. The zero-order chi connectivity index (χ0) is 13.0. The Morgan fingerprint density at radius 1 is 1.33 bits per heavy atom. The van der Waals surface area contributed by atoms with Crippen LogP contribution in [0.15, 0.2) is 24.3 Å². The fourth-order valence-corrected chi connectivity index (χ4v) is 1.67. The highest BCUT2D eigenvalue weighted by molar-refractivity contribution is 5.94. The maximum Gasteiger partial charge on any atom is 0.227 e. The van der Waals surface area contributed by atoms with Gasteiger partial charge in [0.05, 0.1) is 0 Å². The monoisotopic (exact) mass is 246 g/mol. The van der Waals surface area contributed by atoms with Gasteiger partial charge in [-0.05, 0) is 30.5 Å². The summed E-state index contributed by atoms with van der Waals surface area (Å²) in [6.07, 6.45) is 2.48. The van der Waals surface area contributed by atoms with E-state index in [1.807, 2.05) is 31.2 Å². The minimum Gasteiger partial charge on any atom is -0.352 e. The Labute approximate surface area is 107 Å². The normalized spacial score (nSPS) is 14.1. The van der Waals surface area contributed by atoms with Crippen LogP contribution < -0.4 is 10.6 Å².